The van der Waals surface area contributed by atoms with E-state index < -0.39 is 11.1 Å². The van der Waals surface area contributed by atoms with Crippen LogP contribution in [0, 0.1) is 0 Å². The van der Waals surface area contributed by atoms with E-state index in [4.69, 9.17) is 0 Å². The zero-order valence-corrected chi connectivity index (χ0v) is 20.5. The van der Waals surface area contributed by atoms with E-state index in [-0.39, 0.29) is 11.8 Å². The molecular weight excluding hydrogens is 450 g/mol. The third-order valence-corrected chi connectivity index (χ3v) is 7.74. The molecule has 0 radical (unpaired) electrons. The van der Waals surface area contributed by atoms with Crippen molar-refractivity contribution in [2.45, 2.75) is 56.1 Å². The Labute approximate surface area is 212 Å². The molecule has 2 aliphatic heterocycles. The summed E-state index contributed by atoms with van der Waals surface area (Å²) in [6.07, 6.45) is 5.58. The molecule has 186 valence electrons. The molecule has 0 bridgehead atoms. The molecule has 1 atom stereocenters. The number of aliphatic hydroxyl groups is 1. The van der Waals surface area contributed by atoms with E-state index in [1.165, 1.54) is 5.56 Å². The summed E-state index contributed by atoms with van der Waals surface area (Å²) in [5.74, 6) is 0.139. The minimum absolute atomic E-state index is 0.0572. The van der Waals surface area contributed by atoms with Crippen LogP contribution in [0.15, 0.2) is 79.0 Å². The number of rotatable bonds is 7. The first-order chi connectivity index (χ1) is 17.4. The van der Waals surface area contributed by atoms with Crippen molar-refractivity contribution >= 4 is 11.8 Å². The highest BCUT2D eigenvalue weighted by atomic mass is 16.3. The van der Waals surface area contributed by atoms with Gasteiger partial charge in [-0.2, -0.15) is 0 Å². The monoisotopic (exact) mass is 483 g/mol. The number of hydrogen-bond acceptors (Lipinski definition) is 4. The number of carbonyl (C=O) groups is 2. The molecule has 36 heavy (non-hydrogen) atoms. The molecule has 1 unspecified atom stereocenters. The van der Waals surface area contributed by atoms with E-state index in [9.17, 15) is 14.7 Å². The quantitative estimate of drug-likeness (QED) is 0.527. The lowest BCUT2D eigenvalue weighted by atomic mass is 9.84. The minimum atomic E-state index is -0.982. The molecule has 2 saturated heterocycles. The maximum Gasteiger partial charge on any atom is 0.222 e. The highest BCUT2D eigenvalue weighted by molar-refractivity contribution is 5.80. The number of piperidine rings is 1. The lowest BCUT2D eigenvalue weighted by molar-refractivity contribution is -0.136. The van der Waals surface area contributed by atoms with Crippen LogP contribution in [0.4, 0.5) is 0 Å². The Morgan fingerprint density at radius 1 is 0.917 bits per heavy atom. The van der Waals surface area contributed by atoms with Crippen molar-refractivity contribution in [2.24, 2.45) is 0 Å². The average molecular weight is 484 g/mol. The number of benzene rings is 2. The van der Waals surface area contributed by atoms with Gasteiger partial charge in [0, 0.05) is 37.7 Å². The molecule has 0 saturated carbocycles. The van der Waals surface area contributed by atoms with Crippen LogP contribution in [0.3, 0.4) is 0 Å². The maximum absolute atomic E-state index is 13.1. The Morgan fingerprint density at radius 2 is 1.61 bits per heavy atom. The Morgan fingerprint density at radius 3 is 2.25 bits per heavy atom. The molecule has 3 aromatic rings. The molecule has 2 aliphatic rings. The number of aromatic nitrogens is 1. The molecular formula is C30H33N3O3. The SMILES string of the molecule is O=C1CCC(CCC(=O)N2CCC(O)(c3ccccn3)CC2)(Cc2ccc(-c3ccccc3)cc2)N1. The number of pyridine rings is 1. The number of likely N-dealkylation sites (tertiary alicyclic amines) is 1. The number of nitrogens with one attached hydrogen (secondary N) is 1. The van der Waals surface area contributed by atoms with E-state index in [0.29, 0.717) is 57.3 Å². The number of carbonyl (C=O) groups excluding carboxylic acids is 2. The summed E-state index contributed by atoms with van der Waals surface area (Å²) < 4.78 is 0. The molecule has 2 amide bonds. The maximum atomic E-state index is 13.1. The van der Waals surface area contributed by atoms with Crippen LogP contribution in [0.5, 0.6) is 0 Å². The summed E-state index contributed by atoms with van der Waals surface area (Å²) >= 11 is 0. The first-order valence-corrected chi connectivity index (χ1v) is 12.8. The van der Waals surface area contributed by atoms with Gasteiger partial charge in [0.05, 0.1) is 5.69 Å². The lowest BCUT2D eigenvalue weighted by Crippen LogP contribution is -2.47. The van der Waals surface area contributed by atoms with E-state index in [0.717, 1.165) is 17.5 Å². The zero-order chi connectivity index (χ0) is 25.0. The van der Waals surface area contributed by atoms with Gasteiger partial charge in [-0.25, -0.2) is 0 Å². The Balaban J connectivity index is 1.20. The predicted octanol–water partition coefficient (Wildman–Crippen LogP) is 4.23. The number of amides is 2. The van der Waals surface area contributed by atoms with Gasteiger partial charge < -0.3 is 15.3 Å². The van der Waals surface area contributed by atoms with Gasteiger partial charge in [-0.15, -0.1) is 0 Å². The van der Waals surface area contributed by atoms with Gasteiger partial charge in [0.2, 0.25) is 11.8 Å². The number of nitrogens with zero attached hydrogens (tertiary/aromatic N) is 2. The predicted molar refractivity (Wildman–Crippen MR) is 139 cm³/mol. The van der Waals surface area contributed by atoms with Crippen molar-refractivity contribution in [2.75, 3.05) is 13.1 Å². The van der Waals surface area contributed by atoms with Crippen LogP contribution in [0.25, 0.3) is 11.1 Å². The van der Waals surface area contributed by atoms with Crippen molar-refractivity contribution in [3.05, 3.63) is 90.3 Å². The van der Waals surface area contributed by atoms with Gasteiger partial charge in [-0.05, 0) is 60.9 Å². The fourth-order valence-electron chi connectivity index (χ4n) is 5.54. The second-order valence-electron chi connectivity index (χ2n) is 10.2. The van der Waals surface area contributed by atoms with E-state index in [1.54, 1.807) is 6.20 Å². The van der Waals surface area contributed by atoms with E-state index >= 15 is 0 Å². The third kappa shape index (κ3) is 5.34. The Kier molecular flexibility index (Phi) is 6.88. The molecule has 2 N–H and O–H groups in total. The van der Waals surface area contributed by atoms with Crippen LogP contribution in [0.2, 0.25) is 0 Å². The zero-order valence-electron chi connectivity index (χ0n) is 20.5. The standard InChI is InChI=1S/C30H33N3O3/c34-27-13-15-29(32-27,22-23-9-11-25(12-10-23)24-6-2-1-3-7-24)16-14-28(35)33-20-17-30(36,18-21-33)26-8-4-5-19-31-26/h1-12,19,36H,13-18,20-22H2,(H,32,34). The molecule has 2 fully saturated rings. The van der Waals surface area contributed by atoms with Gasteiger partial charge in [0.15, 0.2) is 0 Å². The van der Waals surface area contributed by atoms with Crippen LogP contribution in [-0.2, 0) is 21.6 Å². The first-order valence-electron chi connectivity index (χ1n) is 12.8. The molecule has 5 rings (SSSR count). The largest absolute Gasteiger partial charge is 0.383 e. The van der Waals surface area contributed by atoms with Crippen LogP contribution < -0.4 is 5.32 Å². The van der Waals surface area contributed by atoms with Crippen molar-refractivity contribution in [3.63, 3.8) is 0 Å². The van der Waals surface area contributed by atoms with Crippen molar-refractivity contribution in [3.8, 4) is 11.1 Å². The second kappa shape index (κ2) is 10.2. The minimum Gasteiger partial charge on any atom is -0.383 e. The normalized spacial score (nSPS) is 21.2. The van der Waals surface area contributed by atoms with Crippen molar-refractivity contribution in [1.82, 2.24) is 15.2 Å². The van der Waals surface area contributed by atoms with Gasteiger partial charge in [-0.3, -0.25) is 14.6 Å². The van der Waals surface area contributed by atoms with Crippen molar-refractivity contribution in [1.29, 1.82) is 0 Å². The molecule has 6 nitrogen and oxygen atoms in total. The number of hydrogen-bond donors (Lipinski definition) is 2. The molecule has 0 aliphatic carbocycles. The van der Waals surface area contributed by atoms with E-state index in [2.05, 4.69) is 46.7 Å². The topological polar surface area (TPSA) is 82.5 Å². The van der Waals surface area contributed by atoms with Gasteiger partial charge in [0.1, 0.15) is 5.60 Å². The Hall–Kier alpha value is -3.51. The third-order valence-electron chi connectivity index (χ3n) is 7.74. The average Bonchev–Trinajstić information content (AvgIpc) is 3.29. The summed E-state index contributed by atoms with van der Waals surface area (Å²) in [6.45, 7) is 1.01. The molecule has 6 heteroatoms. The molecule has 2 aromatic carbocycles. The molecule has 0 spiro atoms. The fourth-order valence-corrected chi connectivity index (χ4v) is 5.54. The summed E-state index contributed by atoms with van der Waals surface area (Å²) in [5, 5.41) is 14.2. The smallest absolute Gasteiger partial charge is 0.222 e. The summed E-state index contributed by atoms with van der Waals surface area (Å²) in [6, 6.07) is 24.3. The fraction of sp³-hybridized carbons (Fsp3) is 0.367. The second-order valence-corrected chi connectivity index (χ2v) is 10.2. The first kappa shape index (κ1) is 24.2. The lowest BCUT2D eigenvalue weighted by Gasteiger charge is -2.38. The van der Waals surface area contributed by atoms with Gasteiger partial charge in [-0.1, -0.05) is 60.7 Å². The molecule has 1 aromatic heterocycles. The van der Waals surface area contributed by atoms with Crippen LogP contribution >= 0.6 is 0 Å². The van der Waals surface area contributed by atoms with Gasteiger partial charge in [0.25, 0.3) is 0 Å². The highest BCUT2D eigenvalue weighted by Crippen LogP contribution is 2.33. The Bertz CT molecular complexity index is 1190. The summed E-state index contributed by atoms with van der Waals surface area (Å²) in [7, 11) is 0. The van der Waals surface area contributed by atoms with Crippen molar-refractivity contribution < 1.29 is 14.7 Å². The molecule has 3 heterocycles. The summed E-state index contributed by atoms with van der Waals surface area (Å²) in [4.78, 5) is 31.5. The summed E-state index contributed by atoms with van der Waals surface area (Å²) in [5.41, 5.74) is 2.78. The van der Waals surface area contributed by atoms with Crippen LogP contribution in [-0.4, -0.2) is 45.4 Å². The van der Waals surface area contributed by atoms with Gasteiger partial charge >= 0.3 is 0 Å². The van der Waals surface area contributed by atoms with Crippen LogP contribution in [0.1, 0.15) is 49.8 Å². The highest BCUT2D eigenvalue weighted by Gasteiger charge is 2.40. The van der Waals surface area contributed by atoms with E-state index in [1.807, 2.05) is 41.3 Å².